The maximum absolute atomic E-state index is 11.6. The molecule has 4 heteroatoms. The average molecular weight is 219 g/mol. The minimum atomic E-state index is 0.258. The van der Waals surface area contributed by atoms with Crippen LogP contribution in [0.4, 0.5) is 5.69 Å². The molecule has 0 aromatic heterocycles. The number of carbonyl (C=O) groups is 1. The zero-order chi connectivity index (χ0) is 11.1. The number of hydrogen-bond donors (Lipinski definition) is 0. The molecule has 2 aliphatic rings. The molecule has 0 radical (unpaired) electrons. The van der Waals surface area contributed by atoms with Gasteiger partial charge in [-0.2, -0.15) is 0 Å². The van der Waals surface area contributed by atoms with Crippen molar-refractivity contribution in [2.24, 2.45) is 0 Å². The second-order valence-corrected chi connectivity index (χ2v) is 4.06. The van der Waals surface area contributed by atoms with Crippen LogP contribution < -0.4 is 14.4 Å². The molecule has 4 nitrogen and oxygen atoms in total. The van der Waals surface area contributed by atoms with Crippen LogP contribution in [0.25, 0.3) is 0 Å². The Balaban J connectivity index is 2.10. The predicted octanol–water partition coefficient (Wildman–Crippen LogP) is 1.37. The lowest BCUT2D eigenvalue weighted by molar-refractivity contribution is -0.117. The maximum atomic E-state index is 11.6. The Labute approximate surface area is 93.8 Å². The number of hydrogen-bond acceptors (Lipinski definition) is 4. The number of carbonyl (C=O) groups excluding carboxylic acids is 1. The molecular formula is C12H13NO3. The topological polar surface area (TPSA) is 38.8 Å². The molecule has 0 bridgehead atoms. The SMILES string of the molecule is CCN1CC(=O)Cc2cc3c(cc21)OCO3. The Kier molecular flexibility index (Phi) is 2.02. The highest BCUT2D eigenvalue weighted by Gasteiger charge is 2.25. The molecule has 0 spiro atoms. The molecule has 0 saturated carbocycles. The number of likely N-dealkylation sites (N-methyl/N-ethyl adjacent to an activating group) is 1. The zero-order valence-corrected chi connectivity index (χ0v) is 9.16. The summed E-state index contributed by atoms with van der Waals surface area (Å²) in [5.41, 5.74) is 2.15. The van der Waals surface area contributed by atoms with Crippen molar-refractivity contribution < 1.29 is 14.3 Å². The maximum Gasteiger partial charge on any atom is 0.231 e. The van der Waals surface area contributed by atoms with E-state index in [-0.39, 0.29) is 12.6 Å². The molecule has 0 unspecified atom stereocenters. The highest BCUT2D eigenvalue weighted by atomic mass is 16.7. The Morgan fingerprint density at radius 1 is 1.31 bits per heavy atom. The summed E-state index contributed by atoms with van der Waals surface area (Å²) in [4.78, 5) is 13.7. The third-order valence-electron chi connectivity index (χ3n) is 3.05. The fourth-order valence-electron chi connectivity index (χ4n) is 2.26. The highest BCUT2D eigenvalue weighted by Crippen LogP contribution is 2.39. The van der Waals surface area contributed by atoms with Crippen LogP contribution in [0.2, 0.25) is 0 Å². The van der Waals surface area contributed by atoms with Crippen LogP contribution in [0, 0.1) is 0 Å². The molecule has 3 rings (SSSR count). The Bertz CT molecular complexity index is 456. The van der Waals surface area contributed by atoms with Crippen molar-refractivity contribution in [1.29, 1.82) is 0 Å². The minimum Gasteiger partial charge on any atom is -0.454 e. The van der Waals surface area contributed by atoms with Crippen molar-refractivity contribution in [3.05, 3.63) is 17.7 Å². The second-order valence-electron chi connectivity index (χ2n) is 4.06. The molecule has 2 aliphatic heterocycles. The summed E-state index contributed by atoms with van der Waals surface area (Å²) in [5.74, 6) is 1.80. The van der Waals surface area contributed by atoms with Gasteiger partial charge in [0.05, 0.1) is 6.54 Å². The largest absolute Gasteiger partial charge is 0.454 e. The standard InChI is InChI=1S/C12H13NO3/c1-2-13-6-9(14)3-8-4-11-12(5-10(8)13)16-7-15-11/h4-5H,2-3,6-7H2,1H3. The first-order valence-corrected chi connectivity index (χ1v) is 5.47. The van der Waals surface area contributed by atoms with E-state index in [0.717, 1.165) is 29.3 Å². The number of fused-ring (bicyclic) bond motifs is 2. The summed E-state index contributed by atoms with van der Waals surface area (Å²) in [6, 6.07) is 3.91. The van der Waals surface area contributed by atoms with Crippen LogP contribution in [0.3, 0.4) is 0 Å². The van der Waals surface area contributed by atoms with Gasteiger partial charge in [0.1, 0.15) is 0 Å². The van der Waals surface area contributed by atoms with Gasteiger partial charge in [-0.3, -0.25) is 4.79 Å². The van der Waals surface area contributed by atoms with Gasteiger partial charge in [0.25, 0.3) is 0 Å². The Morgan fingerprint density at radius 2 is 2.06 bits per heavy atom. The van der Waals surface area contributed by atoms with E-state index in [4.69, 9.17) is 9.47 Å². The minimum absolute atomic E-state index is 0.258. The van der Waals surface area contributed by atoms with Crippen molar-refractivity contribution in [2.75, 3.05) is 24.8 Å². The molecule has 0 saturated heterocycles. The lowest BCUT2D eigenvalue weighted by atomic mass is 10.00. The molecule has 1 aromatic carbocycles. The van der Waals surface area contributed by atoms with Gasteiger partial charge in [-0.05, 0) is 18.6 Å². The van der Waals surface area contributed by atoms with E-state index in [1.807, 2.05) is 19.1 Å². The van der Waals surface area contributed by atoms with Crippen LogP contribution in [0.15, 0.2) is 12.1 Å². The first kappa shape index (κ1) is 9.51. The van der Waals surface area contributed by atoms with E-state index in [9.17, 15) is 4.79 Å². The highest BCUT2D eigenvalue weighted by molar-refractivity contribution is 5.91. The Morgan fingerprint density at radius 3 is 2.81 bits per heavy atom. The van der Waals surface area contributed by atoms with E-state index in [0.29, 0.717) is 13.0 Å². The fraction of sp³-hybridized carbons (Fsp3) is 0.417. The molecule has 16 heavy (non-hydrogen) atoms. The summed E-state index contributed by atoms with van der Waals surface area (Å²) in [6.45, 7) is 3.66. The van der Waals surface area contributed by atoms with Gasteiger partial charge in [-0.15, -0.1) is 0 Å². The number of benzene rings is 1. The molecule has 0 N–H and O–H groups in total. The lowest BCUT2D eigenvalue weighted by Crippen LogP contribution is -2.35. The number of ether oxygens (including phenoxy) is 2. The summed E-state index contributed by atoms with van der Waals surface area (Å²) in [6.07, 6.45) is 0.502. The number of anilines is 1. The van der Waals surface area contributed by atoms with E-state index >= 15 is 0 Å². The molecule has 1 aromatic rings. The van der Waals surface area contributed by atoms with Crippen LogP contribution in [0.5, 0.6) is 11.5 Å². The smallest absolute Gasteiger partial charge is 0.231 e. The van der Waals surface area contributed by atoms with Crippen molar-refractivity contribution in [3.63, 3.8) is 0 Å². The number of ketones is 1. The van der Waals surface area contributed by atoms with Gasteiger partial charge < -0.3 is 14.4 Å². The number of nitrogens with zero attached hydrogens (tertiary/aromatic N) is 1. The third-order valence-corrected chi connectivity index (χ3v) is 3.05. The van der Waals surface area contributed by atoms with Crippen LogP contribution in [-0.2, 0) is 11.2 Å². The van der Waals surface area contributed by atoms with Gasteiger partial charge in [0, 0.05) is 24.7 Å². The van der Waals surface area contributed by atoms with E-state index in [1.165, 1.54) is 0 Å². The van der Waals surface area contributed by atoms with Crippen molar-refractivity contribution in [2.45, 2.75) is 13.3 Å². The van der Waals surface area contributed by atoms with Gasteiger partial charge in [-0.25, -0.2) is 0 Å². The number of Topliss-reactive ketones (excluding diaryl/α,β-unsaturated/α-hetero) is 1. The molecule has 84 valence electrons. The summed E-state index contributed by atoms with van der Waals surface area (Å²) in [5, 5.41) is 0. The zero-order valence-electron chi connectivity index (χ0n) is 9.16. The van der Waals surface area contributed by atoms with Crippen LogP contribution in [0.1, 0.15) is 12.5 Å². The van der Waals surface area contributed by atoms with E-state index < -0.39 is 0 Å². The third kappa shape index (κ3) is 1.33. The van der Waals surface area contributed by atoms with Gasteiger partial charge >= 0.3 is 0 Å². The molecule has 0 fully saturated rings. The lowest BCUT2D eigenvalue weighted by Gasteiger charge is -2.29. The van der Waals surface area contributed by atoms with Crippen molar-refractivity contribution in [3.8, 4) is 11.5 Å². The average Bonchev–Trinajstić information content (AvgIpc) is 2.72. The molecular weight excluding hydrogens is 206 g/mol. The van der Waals surface area contributed by atoms with Crippen molar-refractivity contribution in [1.82, 2.24) is 0 Å². The second kappa shape index (κ2) is 3.40. The monoisotopic (exact) mass is 219 g/mol. The summed E-state index contributed by atoms with van der Waals surface area (Å²) < 4.78 is 10.7. The van der Waals surface area contributed by atoms with E-state index in [1.54, 1.807) is 0 Å². The van der Waals surface area contributed by atoms with Crippen LogP contribution >= 0.6 is 0 Å². The van der Waals surface area contributed by atoms with Gasteiger partial charge in [0.15, 0.2) is 17.3 Å². The fourth-order valence-corrected chi connectivity index (χ4v) is 2.26. The van der Waals surface area contributed by atoms with Crippen LogP contribution in [-0.4, -0.2) is 25.7 Å². The van der Waals surface area contributed by atoms with Gasteiger partial charge in [-0.1, -0.05) is 0 Å². The first-order chi connectivity index (χ1) is 7.78. The summed E-state index contributed by atoms with van der Waals surface area (Å²) >= 11 is 0. The molecule has 0 aliphatic carbocycles. The number of rotatable bonds is 1. The molecule has 2 heterocycles. The molecule has 0 amide bonds. The first-order valence-electron chi connectivity index (χ1n) is 5.47. The quantitative estimate of drug-likeness (QED) is 0.715. The Hall–Kier alpha value is -1.71. The van der Waals surface area contributed by atoms with Crippen molar-refractivity contribution >= 4 is 11.5 Å². The van der Waals surface area contributed by atoms with Gasteiger partial charge in [0.2, 0.25) is 6.79 Å². The molecule has 0 atom stereocenters. The normalized spacial score (nSPS) is 17.6. The predicted molar refractivity (Wildman–Crippen MR) is 59.2 cm³/mol. The van der Waals surface area contributed by atoms with E-state index in [2.05, 4.69) is 4.90 Å². The summed E-state index contributed by atoms with van der Waals surface area (Å²) in [7, 11) is 0.